The van der Waals surface area contributed by atoms with Crippen LogP contribution in [0.3, 0.4) is 0 Å². The van der Waals surface area contributed by atoms with Crippen molar-refractivity contribution in [3.8, 4) is 0 Å². The third kappa shape index (κ3) is 3.90. The number of amides is 1. The van der Waals surface area contributed by atoms with Crippen molar-refractivity contribution in [3.05, 3.63) is 51.7 Å². The standard InChI is InChI=1S/C21H25N3O3S2/c1-11-6-12(2)8-13(7-11)24-18-15(20(27)22-10-14-4-3-5-29-14)9-16(25)19(26)17(18)23-21(24)28/h3-8,15-19,25-26H,9-10H2,1-2H3,(H,22,27)(H,23,28). The number of carbonyl (C=O) groups is 1. The summed E-state index contributed by atoms with van der Waals surface area (Å²) in [7, 11) is 0. The van der Waals surface area contributed by atoms with E-state index in [1.807, 2.05) is 48.4 Å². The molecule has 0 bridgehead atoms. The van der Waals surface area contributed by atoms with Crippen molar-refractivity contribution in [3.63, 3.8) is 0 Å². The number of fused-ring (bicyclic) bond motifs is 1. The second-order valence-electron chi connectivity index (χ2n) is 7.88. The lowest BCUT2D eigenvalue weighted by molar-refractivity contribution is -0.131. The molecule has 1 amide bonds. The van der Waals surface area contributed by atoms with Crippen molar-refractivity contribution in [2.75, 3.05) is 4.90 Å². The van der Waals surface area contributed by atoms with Gasteiger partial charge in [-0.05, 0) is 67.2 Å². The number of thiophene rings is 1. The molecule has 154 valence electrons. The van der Waals surface area contributed by atoms with E-state index in [0.717, 1.165) is 21.7 Å². The lowest BCUT2D eigenvalue weighted by Gasteiger charge is -2.41. The average Bonchev–Trinajstić information content (AvgIpc) is 3.29. The van der Waals surface area contributed by atoms with Gasteiger partial charge in [-0.3, -0.25) is 4.79 Å². The third-order valence-corrected chi connectivity index (χ3v) is 6.87. The van der Waals surface area contributed by atoms with Crippen LogP contribution in [0.4, 0.5) is 5.69 Å². The molecule has 2 aromatic rings. The second-order valence-corrected chi connectivity index (χ2v) is 9.30. The van der Waals surface area contributed by atoms with E-state index in [1.54, 1.807) is 11.3 Å². The van der Waals surface area contributed by atoms with Gasteiger partial charge in [0.15, 0.2) is 5.11 Å². The molecule has 1 saturated heterocycles. The molecular formula is C21H25N3O3S2. The molecule has 5 unspecified atom stereocenters. The van der Waals surface area contributed by atoms with E-state index < -0.39 is 24.2 Å². The predicted molar refractivity (Wildman–Crippen MR) is 118 cm³/mol. The van der Waals surface area contributed by atoms with Crippen molar-refractivity contribution in [2.45, 2.75) is 51.1 Å². The summed E-state index contributed by atoms with van der Waals surface area (Å²) in [5, 5.41) is 29.6. The highest BCUT2D eigenvalue weighted by molar-refractivity contribution is 7.80. The zero-order valence-corrected chi connectivity index (χ0v) is 18.0. The van der Waals surface area contributed by atoms with Gasteiger partial charge in [-0.15, -0.1) is 11.3 Å². The van der Waals surface area contributed by atoms with Gasteiger partial charge in [0, 0.05) is 10.6 Å². The van der Waals surface area contributed by atoms with Crippen LogP contribution in [0.25, 0.3) is 0 Å². The molecule has 2 aliphatic rings. The van der Waals surface area contributed by atoms with Crippen molar-refractivity contribution >= 4 is 40.3 Å². The molecule has 1 aromatic carbocycles. The lowest BCUT2D eigenvalue weighted by Crippen LogP contribution is -2.60. The highest BCUT2D eigenvalue weighted by Crippen LogP contribution is 2.37. The Bertz CT molecular complexity index is 898. The first-order valence-corrected chi connectivity index (χ1v) is 11.0. The maximum Gasteiger partial charge on any atom is 0.225 e. The van der Waals surface area contributed by atoms with Crippen LogP contribution in [0.2, 0.25) is 0 Å². The molecule has 6 nitrogen and oxygen atoms in total. The van der Waals surface area contributed by atoms with E-state index >= 15 is 0 Å². The Morgan fingerprint density at radius 3 is 2.69 bits per heavy atom. The molecule has 5 atom stereocenters. The number of aliphatic hydroxyl groups is 2. The number of thiocarbonyl (C=S) groups is 1. The van der Waals surface area contributed by atoms with E-state index in [0.29, 0.717) is 11.7 Å². The second kappa shape index (κ2) is 8.02. The van der Waals surface area contributed by atoms with Crippen LogP contribution in [0.1, 0.15) is 22.4 Å². The van der Waals surface area contributed by atoms with E-state index in [2.05, 4.69) is 16.7 Å². The van der Waals surface area contributed by atoms with E-state index in [4.69, 9.17) is 12.2 Å². The van der Waals surface area contributed by atoms with Crippen LogP contribution >= 0.6 is 23.6 Å². The zero-order chi connectivity index (χ0) is 20.7. The smallest absolute Gasteiger partial charge is 0.225 e. The van der Waals surface area contributed by atoms with Gasteiger partial charge in [-0.25, -0.2) is 0 Å². The van der Waals surface area contributed by atoms with Crippen LogP contribution in [0.5, 0.6) is 0 Å². The van der Waals surface area contributed by atoms with Crippen LogP contribution in [-0.4, -0.2) is 45.5 Å². The summed E-state index contributed by atoms with van der Waals surface area (Å²) in [6, 6.07) is 9.18. The molecule has 1 saturated carbocycles. The number of nitrogens with one attached hydrogen (secondary N) is 2. The van der Waals surface area contributed by atoms with Gasteiger partial charge in [0.1, 0.15) is 6.10 Å². The minimum atomic E-state index is -0.991. The summed E-state index contributed by atoms with van der Waals surface area (Å²) in [5.41, 5.74) is 3.09. The van der Waals surface area contributed by atoms with Gasteiger partial charge in [-0.2, -0.15) is 0 Å². The maximum absolute atomic E-state index is 13.1. The number of anilines is 1. The van der Waals surface area contributed by atoms with Crippen LogP contribution < -0.4 is 15.5 Å². The first-order chi connectivity index (χ1) is 13.8. The molecular weight excluding hydrogens is 406 g/mol. The number of hydrogen-bond donors (Lipinski definition) is 4. The Balaban J connectivity index is 1.65. The zero-order valence-electron chi connectivity index (χ0n) is 16.3. The number of benzene rings is 1. The van der Waals surface area contributed by atoms with Crippen molar-refractivity contribution in [1.82, 2.24) is 10.6 Å². The summed E-state index contributed by atoms with van der Waals surface area (Å²) in [4.78, 5) is 16.1. The Labute approximate surface area is 179 Å². The SMILES string of the molecule is Cc1cc(C)cc(N2C(=S)NC3C(O)C(O)CC(C(=O)NCc4cccs4)C32)c1. The maximum atomic E-state index is 13.1. The molecule has 2 fully saturated rings. The van der Waals surface area contributed by atoms with Crippen molar-refractivity contribution < 1.29 is 15.0 Å². The summed E-state index contributed by atoms with van der Waals surface area (Å²) in [6.45, 7) is 4.49. The predicted octanol–water partition coefficient (Wildman–Crippen LogP) is 1.85. The highest BCUT2D eigenvalue weighted by atomic mass is 32.1. The fourth-order valence-corrected chi connectivity index (χ4v) is 5.46. The molecule has 1 aliphatic heterocycles. The first-order valence-electron chi connectivity index (χ1n) is 9.69. The third-order valence-electron chi connectivity index (χ3n) is 5.68. The van der Waals surface area contributed by atoms with Crippen LogP contribution in [0.15, 0.2) is 35.7 Å². The summed E-state index contributed by atoms with van der Waals surface area (Å²) in [5.74, 6) is -0.646. The minimum Gasteiger partial charge on any atom is -0.390 e. The number of hydrogen-bond acceptors (Lipinski definition) is 5. The topological polar surface area (TPSA) is 84.8 Å². The molecule has 8 heteroatoms. The van der Waals surface area contributed by atoms with Crippen molar-refractivity contribution in [1.29, 1.82) is 0 Å². The Kier molecular flexibility index (Phi) is 5.61. The van der Waals surface area contributed by atoms with E-state index in [1.165, 1.54) is 0 Å². The number of aliphatic hydroxyl groups excluding tert-OH is 2. The fraction of sp³-hybridized carbons (Fsp3) is 0.429. The summed E-state index contributed by atoms with van der Waals surface area (Å²) >= 11 is 7.16. The molecule has 0 spiro atoms. The number of carbonyl (C=O) groups excluding carboxylic acids is 1. The average molecular weight is 432 g/mol. The quantitative estimate of drug-likeness (QED) is 0.553. The van der Waals surface area contributed by atoms with Gasteiger partial charge >= 0.3 is 0 Å². The van der Waals surface area contributed by atoms with Crippen LogP contribution in [-0.2, 0) is 11.3 Å². The van der Waals surface area contributed by atoms with Crippen molar-refractivity contribution in [2.24, 2.45) is 5.92 Å². The summed E-state index contributed by atoms with van der Waals surface area (Å²) < 4.78 is 0. The lowest BCUT2D eigenvalue weighted by atomic mass is 9.77. The Morgan fingerprint density at radius 2 is 2.03 bits per heavy atom. The van der Waals surface area contributed by atoms with Gasteiger partial charge in [0.05, 0.1) is 30.7 Å². The monoisotopic (exact) mass is 431 g/mol. The van der Waals surface area contributed by atoms with Gasteiger partial charge in [0.2, 0.25) is 5.91 Å². The largest absolute Gasteiger partial charge is 0.390 e. The highest BCUT2D eigenvalue weighted by Gasteiger charge is 2.53. The molecule has 1 aromatic heterocycles. The van der Waals surface area contributed by atoms with Gasteiger partial charge in [0.25, 0.3) is 0 Å². The molecule has 4 rings (SSSR count). The molecule has 0 radical (unpaired) electrons. The number of rotatable bonds is 4. The first kappa shape index (κ1) is 20.3. The van der Waals surface area contributed by atoms with Gasteiger partial charge < -0.3 is 25.7 Å². The van der Waals surface area contributed by atoms with Gasteiger partial charge in [-0.1, -0.05) is 12.1 Å². The van der Waals surface area contributed by atoms with Crippen LogP contribution in [0, 0.1) is 19.8 Å². The number of aryl methyl sites for hydroxylation is 2. The molecule has 4 N–H and O–H groups in total. The fourth-order valence-electron chi connectivity index (χ4n) is 4.45. The minimum absolute atomic E-state index is 0.139. The normalized spacial score (nSPS) is 28.8. The summed E-state index contributed by atoms with van der Waals surface area (Å²) in [6.07, 6.45) is -1.79. The van der Waals surface area contributed by atoms with E-state index in [-0.39, 0.29) is 18.4 Å². The number of nitrogens with zero attached hydrogens (tertiary/aromatic N) is 1. The Morgan fingerprint density at radius 1 is 1.31 bits per heavy atom. The molecule has 1 aliphatic carbocycles. The Hall–Kier alpha value is -2.00. The molecule has 2 heterocycles. The molecule has 29 heavy (non-hydrogen) atoms. The van der Waals surface area contributed by atoms with E-state index in [9.17, 15) is 15.0 Å².